The van der Waals surface area contributed by atoms with E-state index in [-0.39, 0.29) is 5.91 Å². The quantitative estimate of drug-likeness (QED) is 0.699. The Morgan fingerprint density at radius 3 is 2.50 bits per heavy atom. The van der Waals surface area contributed by atoms with Gasteiger partial charge in [0.1, 0.15) is 0 Å². The van der Waals surface area contributed by atoms with Crippen molar-refractivity contribution >= 4 is 5.91 Å². The molecule has 5 heteroatoms. The molecule has 2 N–H and O–H groups in total. The molecule has 0 aromatic rings. The number of carbonyl (C=O) groups is 1. The van der Waals surface area contributed by atoms with Gasteiger partial charge in [0.25, 0.3) is 0 Å². The fourth-order valence-corrected chi connectivity index (χ4v) is 2.49. The van der Waals surface area contributed by atoms with E-state index in [9.17, 15) is 4.79 Å². The van der Waals surface area contributed by atoms with Crippen LogP contribution in [0.1, 0.15) is 19.3 Å². The number of amides is 1. The lowest BCUT2D eigenvalue weighted by atomic mass is 10.3. The first kappa shape index (κ1) is 13.8. The van der Waals surface area contributed by atoms with Gasteiger partial charge in [-0.25, -0.2) is 0 Å². The van der Waals surface area contributed by atoms with Crippen LogP contribution in [0.15, 0.2) is 0 Å². The van der Waals surface area contributed by atoms with Crippen molar-refractivity contribution in [3.8, 4) is 0 Å². The molecule has 2 aliphatic rings. The zero-order valence-electron chi connectivity index (χ0n) is 11.5. The molecule has 0 radical (unpaired) electrons. The summed E-state index contributed by atoms with van der Waals surface area (Å²) in [5.41, 5.74) is 5.46. The fourth-order valence-electron chi connectivity index (χ4n) is 2.49. The fraction of sp³-hybridized carbons (Fsp3) is 0.923. The van der Waals surface area contributed by atoms with Gasteiger partial charge in [-0.1, -0.05) is 0 Å². The lowest BCUT2D eigenvalue weighted by molar-refractivity contribution is -0.131. The molecule has 2 rings (SSSR count). The van der Waals surface area contributed by atoms with Crippen molar-refractivity contribution in [1.82, 2.24) is 14.7 Å². The maximum Gasteiger partial charge on any atom is 0.236 e. The van der Waals surface area contributed by atoms with Crippen LogP contribution < -0.4 is 5.73 Å². The maximum atomic E-state index is 12.0. The first-order valence-corrected chi connectivity index (χ1v) is 7.11. The minimum absolute atomic E-state index is 0.225. The SMILES string of the molecule is CN(CCCN)C(=O)CN1CCN(C2CC2)CC1. The predicted molar refractivity (Wildman–Crippen MR) is 72.3 cm³/mol. The molecular weight excluding hydrogens is 228 g/mol. The average Bonchev–Trinajstić information content (AvgIpc) is 3.21. The molecule has 0 aromatic carbocycles. The molecule has 0 bridgehead atoms. The number of nitrogens with two attached hydrogens (primary N) is 1. The van der Waals surface area contributed by atoms with E-state index in [1.807, 2.05) is 7.05 Å². The van der Waals surface area contributed by atoms with Gasteiger partial charge < -0.3 is 10.6 Å². The van der Waals surface area contributed by atoms with Crippen LogP contribution >= 0.6 is 0 Å². The van der Waals surface area contributed by atoms with E-state index < -0.39 is 0 Å². The molecule has 5 nitrogen and oxygen atoms in total. The van der Waals surface area contributed by atoms with Crippen molar-refractivity contribution in [1.29, 1.82) is 0 Å². The van der Waals surface area contributed by atoms with Crippen molar-refractivity contribution in [3.05, 3.63) is 0 Å². The van der Waals surface area contributed by atoms with Crippen molar-refractivity contribution in [2.24, 2.45) is 5.73 Å². The molecule has 2 fully saturated rings. The molecule has 104 valence electrons. The summed E-state index contributed by atoms with van der Waals surface area (Å²) in [6.45, 7) is 6.32. The molecule has 1 aliphatic carbocycles. The first-order valence-electron chi connectivity index (χ1n) is 7.11. The Morgan fingerprint density at radius 1 is 1.28 bits per heavy atom. The van der Waals surface area contributed by atoms with Gasteiger partial charge in [-0.15, -0.1) is 0 Å². The monoisotopic (exact) mass is 254 g/mol. The third-order valence-electron chi connectivity index (χ3n) is 3.95. The number of hydrogen-bond donors (Lipinski definition) is 1. The summed E-state index contributed by atoms with van der Waals surface area (Å²) in [5.74, 6) is 0.225. The van der Waals surface area contributed by atoms with Crippen molar-refractivity contribution in [2.75, 3.05) is 52.9 Å². The van der Waals surface area contributed by atoms with E-state index in [0.29, 0.717) is 13.1 Å². The largest absolute Gasteiger partial charge is 0.345 e. The summed E-state index contributed by atoms with van der Waals surface area (Å²) in [4.78, 5) is 18.6. The summed E-state index contributed by atoms with van der Waals surface area (Å²) in [7, 11) is 1.87. The molecule has 0 atom stereocenters. The summed E-state index contributed by atoms with van der Waals surface area (Å²) < 4.78 is 0. The van der Waals surface area contributed by atoms with Crippen LogP contribution in [0.4, 0.5) is 0 Å². The van der Waals surface area contributed by atoms with E-state index in [4.69, 9.17) is 5.73 Å². The molecule has 0 unspecified atom stereocenters. The van der Waals surface area contributed by atoms with Gasteiger partial charge in [0.15, 0.2) is 0 Å². The predicted octanol–water partition coefficient (Wildman–Crippen LogP) is -0.426. The van der Waals surface area contributed by atoms with Crippen LogP contribution in [0.25, 0.3) is 0 Å². The van der Waals surface area contributed by atoms with Crippen molar-refractivity contribution in [3.63, 3.8) is 0 Å². The van der Waals surface area contributed by atoms with Crippen molar-refractivity contribution in [2.45, 2.75) is 25.3 Å². The molecule has 1 aliphatic heterocycles. The Morgan fingerprint density at radius 2 is 1.94 bits per heavy atom. The molecule has 1 amide bonds. The van der Waals surface area contributed by atoms with E-state index in [2.05, 4.69) is 9.80 Å². The number of rotatable bonds is 6. The second-order valence-corrected chi connectivity index (χ2v) is 5.50. The zero-order chi connectivity index (χ0) is 13.0. The average molecular weight is 254 g/mol. The standard InChI is InChI=1S/C13H26N4O/c1-15(6-2-5-14)13(18)11-16-7-9-17(10-8-16)12-3-4-12/h12H,2-11,14H2,1H3. The minimum atomic E-state index is 0.225. The van der Waals surface area contributed by atoms with Crippen LogP contribution in [-0.4, -0.2) is 79.5 Å². The van der Waals surface area contributed by atoms with Gasteiger partial charge in [-0.3, -0.25) is 14.6 Å². The number of carbonyl (C=O) groups excluding carboxylic acids is 1. The zero-order valence-corrected chi connectivity index (χ0v) is 11.5. The van der Waals surface area contributed by atoms with Crippen molar-refractivity contribution < 1.29 is 4.79 Å². The number of piperazine rings is 1. The summed E-state index contributed by atoms with van der Waals surface area (Å²) >= 11 is 0. The Kier molecular flexibility index (Phi) is 4.97. The summed E-state index contributed by atoms with van der Waals surface area (Å²) in [6, 6.07) is 0.857. The summed E-state index contributed by atoms with van der Waals surface area (Å²) in [5, 5.41) is 0. The third-order valence-corrected chi connectivity index (χ3v) is 3.95. The van der Waals surface area contributed by atoms with Gasteiger partial charge in [-0.2, -0.15) is 0 Å². The Hall–Kier alpha value is -0.650. The molecule has 0 aromatic heterocycles. The van der Waals surface area contributed by atoms with E-state index in [1.54, 1.807) is 4.90 Å². The molecule has 1 saturated carbocycles. The number of nitrogens with zero attached hydrogens (tertiary/aromatic N) is 3. The maximum absolute atomic E-state index is 12.0. The highest BCUT2D eigenvalue weighted by Gasteiger charge is 2.31. The lowest BCUT2D eigenvalue weighted by Gasteiger charge is -2.35. The van der Waals surface area contributed by atoms with Crippen LogP contribution in [0.2, 0.25) is 0 Å². The second kappa shape index (κ2) is 6.50. The van der Waals surface area contributed by atoms with Gasteiger partial charge in [-0.05, 0) is 25.8 Å². The topological polar surface area (TPSA) is 52.8 Å². The Bertz CT molecular complexity index is 272. The third kappa shape index (κ3) is 3.93. The van der Waals surface area contributed by atoms with Gasteiger partial charge in [0.2, 0.25) is 5.91 Å². The highest BCUT2D eigenvalue weighted by molar-refractivity contribution is 5.77. The highest BCUT2D eigenvalue weighted by Crippen LogP contribution is 2.27. The first-order chi connectivity index (χ1) is 8.70. The second-order valence-electron chi connectivity index (χ2n) is 5.50. The van der Waals surface area contributed by atoms with E-state index in [0.717, 1.165) is 45.2 Å². The van der Waals surface area contributed by atoms with Crippen LogP contribution in [0.3, 0.4) is 0 Å². The van der Waals surface area contributed by atoms with E-state index in [1.165, 1.54) is 12.8 Å². The molecule has 18 heavy (non-hydrogen) atoms. The normalized spacial score (nSPS) is 22.1. The Labute approximate surface area is 110 Å². The number of hydrogen-bond acceptors (Lipinski definition) is 4. The van der Waals surface area contributed by atoms with E-state index >= 15 is 0 Å². The molecule has 1 heterocycles. The summed E-state index contributed by atoms with van der Waals surface area (Å²) in [6.07, 6.45) is 3.64. The van der Waals surface area contributed by atoms with Crippen LogP contribution in [0.5, 0.6) is 0 Å². The van der Waals surface area contributed by atoms with Crippen LogP contribution in [0, 0.1) is 0 Å². The van der Waals surface area contributed by atoms with Gasteiger partial charge in [0.05, 0.1) is 6.54 Å². The van der Waals surface area contributed by atoms with Crippen LogP contribution in [-0.2, 0) is 4.79 Å². The molecule has 0 spiro atoms. The smallest absolute Gasteiger partial charge is 0.236 e. The number of likely N-dealkylation sites (N-methyl/N-ethyl adjacent to an activating group) is 1. The molecule has 1 saturated heterocycles. The van der Waals surface area contributed by atoms with Gasteiger partial charge >= 0.3 is 0 Å². The highest BCUT2D eigenvalue weighted by atomic mass is 16.2. The minimum Gasteiger partial charge on any atom is -0.345 e. The van der Waals surface area contributed by atoms with Gasteiger partial charge in [0, 0.05) is 45.8 Å². The lowest BCUT2D eigenvalue weighted by Crippen LogP contribution is -2.50. The molecular formula is C13H26N4O. The Balaban J connectivity index is 1.65.